The summed E-state index contributed by atoms with van der Waals surface area (Å²) >= 11 is 1.75. The van der Waals surface area contributed by atoms with E-state index in [4.69, 9.17) is 0 Å². The molecule has 7 aromatic rings. The predicted octanol–water partition coefficient (Wildman–Crippen LogP) is 16.3. The standard InChI is InChI=1S/C39H51N5O2S.C39H55N5O2/c1-23(2)41-38(46)42-29-10-8-27(9-11-29)16-17-40-22-26(5)34-32-21-33(39(6,7)37(45)44-30-12-13-31(44)15-14-30)47-36(32)43-35(34)28-19-24(3)18-25(4)20-28;1-25(2)42-38(46)43-32-10-8-29(9-11-32)17-19-40-23-28(5)35-30(24-41-36(35)31-21-26(3)20-27(4)22-31)16-18-39(6,7)37(45)44-33-12-13-34(44)15-14-33/h8-11,18-21,23,26,30-31,40,43H,12-17,22H2,1-7H3,(H2,41,42,46);8-11,20-22,24-25,28,33-34,40-41H,12-19,23H2,1-7H3,(H2,42,43,46)/t26-,30?,31?;28-,33?,34?/m11/s1. The van der Waals surface area contributed by atoms with Crippen LogP contribution in [0.2, 0.25) is 0 Å². The average molecular weight is 1280 g/mol. The van der Waals surface area contributed by atoms with Gasteiger partial charge in [0.25, 0.3) is 0 Å². The van der Waals surface area contributed by atoms with Crippen molar-refractivity contribution in [3.8, 4) is 22.5 Å². The zero-order chi connectivity index (χ0) is 66.5. The zero-order valence-corrected chi connectivity index (χ0v) is 58.9. The molecule has 4 bridgehead atoms. The number of fused-ring (bicyclic) bond motifs is 5. The Bertz CT molecular complexity index is 3660. The summed E-state index contributed by atoms with van der Waals surface area (Å²) in [5.74, 6) is 1.18. The van der Waals surface area contributed by atoms with Gasteiger partial charge in [0, 0.05) is 88.3 Å². The predicted molar refractivity (Wildman–Crippen MR) is 385 cm³/mol. The van der Waals surface area contributed by atoms with Crippen molar-refractivity contribution in [1.29, 1.82) is 0 Å². The molecule has 0 unspecified atom stereocenters. The second kappa shape index (κ2) is 29.6. The van der Waals surface area contributed by atoms with Gasteiger partial charge >= 0.3 is 12.1 Å². The Balaban J connectivity index is 0.000000203. The van der Waals surface area contributed by atoms with Crippen molar-refractivity contribution in [3.05, 3.63) is 152 Å². The number of benzene rings is 4. The summed E-state index contributed by atoms with van der Waals surface area (Å²) in [7, 11) is 0. The molecule has 0 radical (unpaired) electrons. The quantitative estimate of drug-likeness (QED) is 0.0279. The van der Waals surface area contributed by atoms with Gasteiger partial charge in [-0.25, -0.2) is 9.59 Å². The van der Waals surface area contributed by atoms with Crippen LogP contribution in [0.1, 0.15) is 194 Å². The number of carbonyl (C=O) groups is 4. The minimum Gasteiger partial charge on any atom is -0.361 e. The Kier molecular flexibility index (Phi) is 21.9. The lowest BCUT2D eigenvalue weighted by atomic mass is 9.83. The van der Waals surface area contributed by atoms with Gasteiger partial charge in [0.05, 0.1) is 11.1 Å². The van der Waals surface area contributed by atoms with E-state index in [1.807, 2.05) is 52.0 Å². The number of hydrogen-bond donors (Lipinski definition) is 8. The van der Waals surface area contributed by atoms with Crippen LogP contribution in [-0.4, -0.2) is 106 Å². The highest BCUT2D eigenvalue weighted by Crippen LogP contribution is 2.47. The first-order chi connectivity index (χ1) is 44.3. The number of aromatic nitrogens is 2. The van der Waals surface area contributed by atoms with Crippen LogP contribution in [0.4, 0.5) is 21.0 Å². The lowest BCUT2D eigenvalue weighted by molar-refractivity contribution is -0.142. The topological polar surface area (TPSA) is 179 Å². The van der Waals surface area contributed by atoms with Crippen LogP contribution in [0.5, 0.6) is 0 Å². The fraction of sp³-hybridized carbons (Fsp3) is 0.513. The molecule has 6 amide bonds. The van der Waals surface area contributed by atoms with Crippen LogP contribution in [0, 0.1) is 33.1 Å². The van der Waals surface area contributed by atoms with Gasteiger partial charge in [-0.1, -0.05) is 86.3 Å². The molecule has 4 saturated heterocycles. The van der Waals surface area contributed by atoms with Gasteiger partial charge in [-0.15, -0.1) is 11.3 Å². The van der Waals surface area contributed by atoms with Crippen molar-refractivity contribution in [3.63, 3.8) is 0 Å². The molecular weight excluding hydrogens is 1170 g/mol. The number of nitrogens with zero attached hydrogens (tertiary/aromatic N) is 2. The molecular formula is C78H106N10O4S. The zero-order valence-electron chi connectivity index (χ0n) is 58.1. The number of anilines is 2. The molecule has 498 valence electrons. The Hall–Kier alpha value is -7.20. The van der Waals surface area contributed by atoms with Crippen molar-refractivity contribution in [2.45, 2.75) is 227 Å². The van der Waals surface area contributed by atoms with Gasteiger partial charge in [-0.2, -0.15) is 0 Å². The van der Waals surface area contributed by atoms with Crippen LogP contribution in [0.15, 0.2) is 97.2 Å². The molecule has 15 heteroatoms. The molecule has 2 atom stereocenters. The highest BCUT2D eigenvalue weighted by atomic mass is 32.1. The highest BCUT2D eigenvalue weighted by Gasteiger charge is 2.48. The van der Waals surface area contributed by atoms with Crippen molar-refractivity contribution in [1.82, 2.24) is 41.0 Å². The molecule has 0 spiro atoms. The molecule has 93 heavy (non-hydrogen) atoms. The van der Waals surface area contributed by atoms with Crippen molar-refractivity contribution in [2.24, 2.45) is 5.41 Å². The van der Waals surface area contributed by atoms with E-state index >= 15 is 0 Å². The number of amides is 6. The summed E-state index contributed by atoms with van der Waals surface area (Å²) < 4.78 is 0. The van der Waals surface area contributed by atoms with Gasteiger partial charge in [-0.05, 0) is 265 Å². The Morgan fingerprint density at radius 2 is 0.957 bits per heavy atom. The summed E-state index contributed by atoms with van der Waals surface area (Å²) in [6.45, 7) is 33.0. The number of aromatic amines is 2. The molecule has 8 N–H and O–H groups in total. The summed E-state index contributed by atoms with van der Waals surface area (Å²) in [6, 6.07) is 33.6. The molecule has 4 aliphatic heterocycles. The smallest absolute Gasteiger partial charge is 0.319 e. The number of aryl methyl sites for hydroxylation is 5. The Morgan fingerprint density at radius 1 is 0.538 bits per heavy atom. The summed E-state index contributed by atoms with van der Waals surface area (Å²) in [4.78, 5) is 66.0. The molecule has 4 fully saturated rings. The van der Waals surface area contributed by atoms with Gasteiger partial charge in [0.15, 0.2) is 0 Å². The van der Waals surface area contributed by atoms with E-state index in [-0.39, 0.29) is 41.4 Å². The lowest BCUT2D eigenvalue weighted by Gasteiger charge is -2.32. The van der Waals surface area contributed by atoms with Crippen LogP contribution >= 0.6 is 11.3 Å². The summed E-state index contributed by atoms with van der Waals surface area (Å²) in [6.07, 6.45) is 15.1. The third kappa shape index (κ3) is 16.5. The van der Waals surface area contributed by atoms with E-state index in [9.17, 15) is 19.2 Å². The second-order valence-electron chi connectivity index (χ2n) is 29.6. The molecule has 4 aliphatic rings. The maximum absolute atomic E-state index is 14.0. The normalized spacial score (nSPS) is 18.3. The van der Waals surface area contributed by atoms with E-state index in [1.165, 1.54) is 104 Å². The van der Waals surface area contributed by atoms with Crippen molar-refractivity contribution < 1.29 is 19.2 Å². The molecule has 0 saturated carbocycles. The number of H-pyrrole nitrogens is 2. The molecule has 0 aliphatic carbocycles. The molecule has 11 rings (SSSR count). The van der Waals surface area contributed by atoms with Crippen LogP contribution < -0.4 is 31.9 Å². The fourth-order valence-corrected chi connectivity index (χ4v) is 16.4. The van der Waals surface area contributed by atoms with Gasteiger partial charge < -0.3 is 51.7 Å². The highest BCUT2D eigenvalue weighted by molar-refractivity contribution is 7.19. The number of carbonyl (C=O) groups excluding carboxylic acids is 4. The van der Waals surface area contributed by atoms with E-state index in [1.54, 1.807) is 11.3 Å². The molecule has 14 nitrogen and oxygen atoms in total. The van der Waals surface area contributed by atoms with E-state index in [0.29, 0.717) is 36.0 Å². The van der Waals surface area contributed by atoms with Crippen molar-refractivity contribution >= 4 is 56.8 Å². The first-order valence-electron chi connectivity index (χ1n) is 34.7. The van der Waals surface area contributed by atoms with E-state index in [0.717, 1.165) is 98.6 Å². The van der Waals surface area contributed by atoms with Crippen LogP contribution in [-0.2, 0) is 34.3 Å². The van der Waals surface area contributed by atoms with E-state index < -0.39 is 5.41 Å². The summed E-state index contributed by atoms with van der Waals surface area (Å²) in [5, 5.41) is 20.1. The fourth-order valence-electron chi connectivity index (χ4n) is 15.3. The first kappa shape index (κ1) is 68.7. The first-order valence-corrected chi connectivity index (χ1v) is 35.6. The minimum atomic E-state index is -0.558. The van der Waals surface area contributed by atoms with E-state index in [2.05, 4.69) is 194 Å². The second-order valence-corrected chi connectivity index (χ2v) is 30.6. The largest absolute Gasteiger partial charge is 0.361 e. The lowest BCUT2D eigenvalue weighted by Crippen LogP contribution is -2.45. The Morgan fingerprint density at radius 3 is 1.40 bits per heavy atom. The van der Waals surface area contributed by atoms with Crippen LogP contribution in [0.25, 0.3) is 32.7 Å². The Labute approximate surface area is 558 Å². The van der Waals surface area contributed by atoms with Gasteiger partial charge in [0.1, 0.15) is 4.83 Å². The number of rotatable bonds is 24. The monoisotopic (exact) mass is 1280 g/mol. The third-order valence-electron chi connectivity index (χ3n) is 20.0. The number of thiophene rings is 1. The number of hydrogen-bond acceptors (Lipinski definition) is 7. The molecule has 4 aromatic carbocycles. The summed E-state index contributed by atoms with van der Waals surface area (Å²) in [5.41, 5.74) is 16.9. The van der Waals surface area contributed by atoms with Crippen LogP contribution in [0.3, 0.4) is 0 Å². The average Bonchev–Trinajstić information content (AvgIpc) is 1.60. The molecule has 7 heterocycles. The van der Waals surface area contributed by atoms with Gasteiger partial charge in [-0.3, -0.25) is 9.59 Å². The maximum Gasteiger partial charge on any atom is 0.319 e. The SMILES string of the molecule is Cc1cc(C)cc(-c2[nH]c3sc(C(C)(C)C(=O)N4C5CCC4CC5)cc3c2[C@H](C)CNCCc2ccc(NC(=O)NC(C)C)cc2)c1.Cc1cc(C)cc(-c2[nH]cc(CCC(C)(C)C(=O)N3C4CCC3CC4)c2[C@H](C)CNCCc2ccc(NC(=O)NC(C)C)cc2)c1. The third-order valence-corrected chi connectivity index (χ3v) is 21.4. The number of nitrogens with one attached hydrogen (secondary N) is 8. The van der Waals surface area contributed by atoms with Gasteiger partial charge in [0.2, 0.25) is 11.8 Å². The molecule has 3 aromatic heterocycles. The minimum absolute atomic E-state index is 0.0924. The number of urea groups is 2. The van der Waals surface area contributed by atoms with Crippen molar-refractivity contribution in [2.75, 3.05) is 36.8 Å². The maximum atomic E-state index is 14.0.